The molecule has 0 saturated carbocycles. The number of H-pyrrole nitrogens is 1. The second-order valence-corrected chi connectivity index (χ2v) is 7.50. The fourth-order valence-electron chi connectivity index (χ4n) is 2.89. The van der Waals surface area contributed by atoms with Gasteiger partial charge in [0.15, 0.2) is 0 Å². The fourth-order valence-corrected chi connectivity index (χ4v) is 3.92. The fraction of sp³-hybridized carbons (Fsp3) is 0.222. The number of rotatable bonds is 5. The number of benzene rings is 2. The Morgan fingerprint density at radius 3 is 2.92 bits per heavy atom. The first-order valence-corrected chi connectivity index (χ1v) is 9.43. The number of aromatic nitrogens is 2. The molecule has 0 unspecified atom stereocenters. The van der Waals surface area contributed by atoms with Gasteiger partial charge in [-0.2, -0.15) is 10.2 Å². The van der Waals surface area contributed by atoms with Crippen LogP contribution in [0.5, 0.6) is 0 Å². The summed E-state index contributed by atoms with van der Waals surface area (Å²) in [6, 6.07) is 14.1. The van der Waals surface area contributed by atoms with E-state index in [-0.39, 0.29) is 6.04 Å². The van der Waals surface area contributed by atoms with Gasteiger partial charge in [-0.25, -0.2) is 0 Å². The Morgan fingerprint density at radius 2 is 2.08 bits per heavy atom. The molecule has 0 amide bonds. The van der Waals surface area contributed by atoms with Crippen molar-refractivity contribution in [3.63, 3.8) is 0 Å². The largest absolute Gasteiger partial charge is 0.326 e. The van der Waals surface area contributed by atoms with Gasteiger partial charge < -0.3 is 5.73 Å². The van der Waals surface area contributed by atoms with Crippen LogP contribution in [0.2, 0.25) is 5.02 Å². The van der Waals surface area contributed by atoms with Gasteiger partial charge in [0.2, 0.25) is 0 Å². The van der Waals surface area contributed by atoms with Gasteiger partial charge in [0.1, 0.15) is 5.04 Å². The number of fused-ring (bicyclic) bond motifs is 1. The lowest BCUT2D eigenvalue weighted by atomic mass is 10.1. The van der Waals surface area contributed by atoms with Crippen LogP contribution in [-0.2, 0) is 6.42 Å². The molecular formula is C18H18ClN5S. The van der Waals surface area contributed by atoms with Gasteiger partial charge in [-0.1, -0.05) is 41.6 Å². The second kappa shape index (κ2) is 7.07. The zero-order chi connectivity index (χ0) is 17.2. The molecule has 3 aromatic rings. The summed E-state index contributed by atoms with van der Waals surface area (Å²) in [6.07, 6.45) is 2.64. The average molecular weight is 372 g/mol. The third-order valence-corrected chi connectivity index (χ3v) is 5.40. The van der Waals surface area contributed by atoms with Crippen molar-refractivity contribution in [1.29, 1.82) is 0 Å². The molecule has 1 aliphatic rings. The Labute approximate surface area is 155 Å². The van der Waals surface area contributed by atoms with E-state index in [0.29, 0.717) is 0 Å². The van der Waals surface area contributed by atoms with Crippen molar-refractivity contribution in [1.82, 2.24) is 15.2 Å². The maximum Gasteiger partial charge on any atom is 0.125 e. The molecule has 1 aromatic heterocycles. The summed E-state index contributed by atoms with van der Waals surface area (Å²) >= 11 is 7.66. The van der Waals surface area contributed by atoms with Crippen LogP contribution in [-0.4, -0.2) is 38.7 Å². The number of aromatic amines is 1. The minimum absolute atomic E-state index is 0.0289. The SMILES string of the molecule is N[C@@H](Cc1ccc(Cl)cc1)CN1CSC(c2ccc3[nH]ncc3c2)=N1. The van der Waals surface area contributed by atoms with E-state index in [9.17, 15) is 0 Å². The third-order valence-electron chi connectivity index (χ3n) is 4.13. The molecule has 0 fully saturated rings. The van der Waals surface area contributed by atoms with Crippen LogP contribution in [0.3, 0.4) is 0 Å². The highest BCUT2D eigenvalue weighted by Crippen LogP contribution is 2.25. The lowest BCUT2D eigenvalue weighted by molar-refractivity contribution is 0.320. The van der Waals surface area contributed by atoms with E-state index in [4.69, 9.17) is 22.4 Å². The van der Waals surface area contributed by atoms with Crippen LogP contribution in [0.15, 0.2) is 53.8 Å². The van der Waals surface area contributed by atoms with Gasteiger partial charge in [-0.15, -0.1) is 0 Å². The monoisotopic (exact) mass is 371 g/mol. The molecule has 7 heteroatoms. The highest BCUT2D eigenvalue weighted by Gasteiger charge is 2.19. The maximum atomic E-state index is 6.30. The first-order valence-electron chi connectivity index (χ1n) is 8.07. The highest BCUT2D eigenvalue weighted by molar-refractivity contribution is 8.14. The standard InChI is InChI=1S/C18H18ClN5S/c19-15-4-1-12(2-5-15)7-16(20)10-24-11-25-18(23-24)13-3-6-17-14(8-13)9-21-22-17/h1-6,8-9,16H,7,10-11,20H2,(H,21,22)/t16-/m0/s1. The summed E-state index contributed by atoms with van der Waals surface area (Å²) < 4.78 is 0. The van der Waals surface area contributed by atoms with E-state index in [1.807, 2.05) is 41.5 Å². The Morgan fingerprint density at radius 1 is 1.24 bits per heavy atom. The van der Waals surface area contributed by atoms with Gasteiger partial charge >= 0.3 is 0 Å². The quantitative estimate of drug-likeness (QED) is 0.720. The number of hydrogen-bond donors (Lipinski definition) is 2. The van der Waals surface area contributed by atoms with Gasteiger partial charge in [0.05, 0.1) is 24.1 Å². The van der Waals surface area contributed by atoms with Crippen LogP contribution in [0, 0.1) is 0 Å². The smallest absolute Gasteiger partial charge is 0.125 e. The maximum absolute atomic E-state index is 6.30. The average Bonchev–Trinajstić information content (AvgIpc) is 3.25. The van der Waals surface area contributed by atoms with Crippen molar-refractivity contribution in [2.24, 2.45) is 10.8 Å². The Balaban J connectivity index is 1.41. The molecule has 0 radical (unpaired) electrons. The van der Waals surface area contributed by atoms with Crippen LogP contribution in [0.1, 0.15) is 11.1 Å². The summed E-state index contributed by atoms with van der Waals surface area (Å²) in [6.45, 7) is 0.729. The molecule has 4 rings (SSSR count). The molecule has 2 aromatic carbocycles. The minimum Gasteiger partial charge on any atom is -0.326 e. The number of halogens is 1. The molecule has 0 saturated heterocycles. The van der Waals surface area contributed by atoms with Crippen LogP contribution >= 0.6 is 23.4 Å². The van der Waals surface area contributed by atoms with Crippen LogP contribution in [0.25, 0.3) is 10.9 Å². The second-order valence-electron chi connectivity index (χ2n) is 6.13. The minimum atomic E-state index is 0.0289. The predicted molar refractivity (Wildman–Crippen MR) is 105 cm³/mol. The Kier molecular flexibility index (Phi) is 4.65. The Bertz CT molecular complexity index is 905. The van der Waals surface area contributed by atoms with E-state index in [2.05, 4.69) is 22.3 Å². The molecule has 3 N–H and O–H groups in total. The van der Waals surface area contributed by atoms with E-state index < -0.39 is 0 Å². The number of hydrazone groups is 1. The molecule has 1 atom stereocenters. The molecule has 0 aliphatic carbocycles. The first kappa shape index (κ1) is 16.4. The molecule has 1 aliphatic heterocycles. The first-order chi connectivity index (χ1) is 12.2. The van der Waals surface area contributed by atoms with Crippen molar-refractivity contribution in [2.45, 2.75) is 12.5 Å². The zero-order valence-corrected chi connectivity index (χ0v) is 15.1. The van der Waals surface area contributed by atoms with Crippen molar-refractivity contribution in [3.05, 3.63) is 64.8 Å². The molecule has 0 bridgehead atoms. The molecule has 0 spiro atoms. The van der Waals surface area contributed by atoms with Gasteiger partial charge in [-0.3, -0.25) is 10.1 Å². The zero-order valence-electron chi connectivity index (χ0n) is 13.5. The summed E-state index contributed by atoms with van der Waals surface area (Å²) in [7, 11) is 0. The van der Waals surface area contributed by atoms with Crippen molar-refractivity contribution in [3.8, 4) is 0 Å². The molecule has 128 valence electrons. The number of nitrogens with one attached hydrogen (secondary N) is 1. The summed E-state index contributed by atoms with van der Waals surface area (Å²) in [5.74, 6) is 0.826. The predicted octanol–water partition coefficient (Wildman–Crippen LogP) is 3.45. The van der Waals surface area contributed by atoms with Crippen molar-refractivity contribution < 1.29 is 0 Å². The lowest BCUT2D eigenvalue weighted by Crippen LogP contribution is -2.35. The number of nitrogens with two attached hydrogens (primary N) is 1. The van der Waals surface area contributed by atoms with Crippen LogP contribution < -0.4 is 5.73 Å². The molecule has 2 heterocycles. The third kappa shape index (κ3) is 3.81. The number of thioether (sulfide) groups is 1. The number of nitrogens with zero attached hydrogens (tertiary/aromatic N) is 3. The Hall–Kier alpha value is -2.02. The summed E-state index contributed by atoms with van der Waals surface area (Å²) in [5, 5.41) is 16.7. The van der Waals surface area contributed by atoms with Crippen molar-refractivity contribution >= 4 is 39.3 Å². The van der Waals surface area contributed by atoms with Gasteiger partial charge in [0.25, 0.3) is 0 Å². The number of hydrogen-bond acceptors (Lipinski definition) is 5. The van der Waals surface area contributed by atoms with E-state index in [0.717, 1.165) is 45.4 Å². The van der Waals surface area contributed by atoms with Gasteiger partial charge in [-0.05, 0) is 36.2 Å². The van der Waals surface area contributed by atoms with E-state index in [1.54, 1.807) is 11.8 Å². The molecular weight excluding hydrogens is 354 g/mol. The van der Waals surface area contributed by atoms with Gasteiger partial charge in [0, 0.05) is 22.0 Å². The summed E-state index contributed by atoms with van der Waals surface area (Å²) in [4.78, 5) is 0. The van der Waals surface area contributed by atoms with E-state index >= 15 is 0 Å². The molecule has 25 heavy (non-hydrogen) atoms. The topological polar surface area (TPSA) is 70.3 Å². The lowest BCUT2D eigenvalue weighted by Gasteiger charge is -2.18. The van der Waals surface area contributed by atoms with Crippen LogP contribution in [0.4, 0.5) is 0 Å². The summed E-state index contributed by atoms with van der Waals surface area (Å²) in [5.41, 5.74) is 9.65. The van der Waals surface area contributed by atoms with E-state index in [1.165, 1.54) is 5.56 Å². The van der Waals surface area contributed by atoms with Crippen molar-refractivity contribution in [2.75, 3.05) is 12.4 Å². The molecule has 5 nitrogen and oxygen atoms in total. The highest BCUT2D eigenvalue weighted by atomic mass is 35.5. The normalized spacial score (nSPS) is 15.6.